The maximum atomic E-state index is 11.2. The molecule has 0 spiro atoms. The Hall–Kier alpha value is -2.15. The minimum atomic E-state index is -0.828. The normalized spacial score (nSPS) is 11.7. The lowest BCUT2D eigenvalue weighted by Gasteiger charge is -2.12. The van der Waals surface area contributed by atoms with Crippen molar-refractivity contribution in [3.05, 3.63) is 33.9 Å². The number of non-ortho nitro benzene ring substituents is 1. The fourth-order valence-corrected chi connectivity index (χ4v) is 1.49. The molecule has 1 rings (SSSR count). The van der Waals surface area contributed by atoms with Gasteiger partial charge in [-0.1, -0.05) is 0 Å². The number of hydrogen-bond acceptors (Lipinski definition) is 6. The summed E-state index contributed by atoms with van der Waals surface area (Å²) in [6, 6.07) is 3.31. The molecule has 98 valence electrons. The Morgan fingerprint density at radius 2 is 2.17 bits per heavy atom. The van der Waals surface area contributed by atoms with Crippen molar-refractivity contribution in [2.24, 2.45) is 5.73 Å². The summed E-state index contributed by atoms with van der Waals surface area (Å²) in [6.45, 7) is 0. The van der Waals surface area contributed by atoms with Crippen molar-refractivity contribution in [3.8, 4) is 5.75 Å². The van der Waals surface area contributed by atoms with Crippen LogP contribution in [-0.4, -0.2) is 31.2 Å². The highest BCUT2D eigenvalue weighted by atomic mass is 16.6. The monoisotopic (exact) mass is 254 g/mol. The summed E-state index contributed by atoms with van der Waals surface area (Å²) in [6.07, 6.45) is 0.188. The van der Waals surface area contributed by atoms with Crippen molar-refractivity contribution in [2.45, 2.75) is 12.5 Å². The van der Waals surface area contributed by atoms with Crippen LogP contribution < -0.4 is 10.5 Å². The number of methoxy groups -OCH3 is 2. The molecule has 0 saturated heterocycles. The van der Waals surface area contributed by atoms with Crippen LogP contribution in [0.4, 0.5) is 5.69 Å². The average Bonchev–Trinajstić information content (AvgIpc) is 2.37. The van der Waals surface area contributed by atoms with Crippen molar-refractivity contribution < 1.29 is 19.2 Å². The predicted molar refractivity (Wildman–Crippen MR) is 63.3 cm³/mol. The first-order valence-electron chi connectivity index (χ1n) is 5.14. The first-order valence-corrected chi connectivity index (χ1v) is 5.14. The highest BCUT2D eigenvalue weighted by Crippen LogP contribution is 2.25. The van der Waals surface area contributed by atoms with Crippen molar-refractivity contribution in [1.29, 1.82) is 0 Å². The number of nitrogens with two attached hydrogens (primary N) is 1. The van der Waals surface area contributed by atoms with Gasteiger partial charge in [-0.05, 0) is 11.6 Å². The summed E-state index contributed by atoms with van der Waals surface area (Å²) < 4.78 is 9.54. The van der Waals surface area contributed by atoms with Gasteiger partial charge in [0, 0.05) is 12.5 Å². The van der Waals surface area contributed by atoms with Crippen molar-refractivity contribution in [1.82, 2.24) is 0 Å². The zero-order chi connectivity index (χ0) is 13.7. The van der Waals surface area contributed by atoms with Gasteiger partial charge in [-0.3, -0.25) is 14.9 Å². The third kappa shape index (κ3) is 3.17. The van der Waals surface area contributed by atoms with E-state index in [9.17, 15) is 14.9 Å². The molecule has 0 fully saturated rings. The zero-order valence-electron chi connectivity index (χ0n) is 10.1. The molecule has 0 heterocycles. The largest absolute Gasteiger partial charge is 0.496 e. The van der Waals surface area contributed by atoms with Crippen LogP contribution in [0.1, 0.15) is 5.56 Å². The predicted octanol–water partition coefficient (Wildman–Crippen LogP) is 0.646. The minimum Gasteiger partial charge on any atom is -0.496 e. The fourth-order valence-electron chi connectivity index (χ4n) is 1.49. The number of benzene rings is 1. The van der Waals surface area contributed by atoms with Gasteiger partial charge in [-0.25, -0.2) is 0 Å². The lowest BCUT2D eigenvalue weighted by Crippen LogP contribution is -2.33. The third-order valence-corrected chi connectivity index (χ3v) is 2.43. The zero-order valence-corrected chi connectivity index (χ0v) is 10.1. The second-order valence-electron chi connectivity index (χ2n) is 3.59. The van der Waals surface area contributed by atoms with E-state index in [0.717, 1.165) is 0 Å². The quantitative estimate of drug-likeness (QED) is 0.470. The van der Waals surface area contributed by atoms with Crippen molar-refractivity contribution >= 4 is 11.7 Å². The molecule has 0 unspecified atom stereocenters. The van der Waals surface area contributed by atoms with Crippen molar-refractivity contribution in [2.75, 3.05) is 14.2 Å². The van der Waals surface area contributed by atoms with Crippen LogP contribution in [0.25, 0.3) is 0 Å². The van der Waals surface area contributed by atoms with E-state index in [1.54, 1.807) is 0 Å². The van der Waals surface area contributed by atoms with Crippen LogP contribution in [0.3, 0.4) is 0 Å². The summed E-state index contributed by atoms with van der Waals surface area (Å²) in [5.41, 5.74) is 6.15. The molecular weight excluding hydrogens is 240 g/mol. The van der Waals surface area contributed by atoms with E-state index in [0.29, 0.717) is 11.3 Å². The lowest BCUT2D eigenvalue weighted by atomic mass is 10.0. The van der Waals surface area contributed by atoms with Gasteiger partial charge in [0.15, 0.2) is 0 Å². The summed E-state index contributed by atoms with van der Waals surface area (Å²) in [5, 5.41) is 10.6. The molecule has 0 aliphatic carbocycles. The van der Waals surface area contributed by atoms with Gasteiger partial charge in [-0.2, -0.15) is 0 Å². The van der Waals surface area contributed by atoms with Gasteiger partial charge in [0.05, 0.1) is 25.2 Å². The van der Waals surface area contributed by atoms with Gasteiger partial charge in [0.2, 0.25) is 0 Å². The number of hydrogen-bond donors (Lipinski definition) is 1. The SMILES string of the molecule is COC(=O)[C@@H](N)Cc1ccc([N+](=O)[O-])cc1OC. The molecule has 7 heteroatoms. The van der Waals surface area contributed by atoms with Crippen LogP contribution >= 0.6 is 0 Å². The number of esters is 1. The second kappa shape index (κ2) is 5.97. The molecule has 0 saturated carbocycles. The fraction of sp³-hybridized carbons (Fsp3) is 0.364. The van der Waals surface area contributed by atoms with Gasteiger partial charge in [0.1, 0.15) is 11.8 Å². The Morgan fingerprint density at radius 3 is 2.67 bits per heavy atom. The number of nitrogens with zero attached hydrogens (tertiary/aromatic N) is 1. The Kier molecular flexibility index (Phi) is 4.61. The molecule has 0 aliphatic rings. The molecule has 1 aromatic carbocycles. The molecule has 0 aliphatic heterocycles. The number of nitro benzene ring substituents is 1. The molecule has 7 nitrogen and oxygen atoms in total. The van der Waals surface area contributed by atoms with E-state index in [1.165, 1.54) is 32.4 Å². The third-order valence-electron chi connectivity index (χ3n) is 2.43. The number of nitro groups is 1. The number of ether oxygens (including phenoxy) is 2. The Labute approximate surface area is 104 Å². The first-order chi connectivity index (χ1) is 8.49. The van der Waals surface area contributed by atoms with E-state index in [-0.39, 0.29) is 12.1 Å². The topological polar surface area (TPSA) is 105 Å². The summed E-state index contributed by atoms with van der Waals surface area (Å²) >= 11 is 0. The van der Waals surface area contributed by atoms with E-state index in [2.05, 4.69) is 4.74 Å². The van der Waals surface area contributed by atoms with E-state index < -0.39 is 16.9 Å². The van der Waals surface area contributed by atoms with E-state index >= 15 is 0 Å². The molecule has 0 aromatic heterocycles. The van der Waals surface area contributed by atoms with Crippen LogP contribution in [-0.2, 0) is 16.0 Å². The Bertz CT molecular complexity index is 461. The van der Waals surface area contributed by atoms with Gasteiger partial charge >= 0.3 is 5.97 Å². The van der Waals surface area contributed by atoms with Crippen LogP contribution in [0.5, 0.6) is 5.75 Å². The Morgan fingerprint density at radius 1 is 1.50 bits per heavy atom. The smallest absolute Gasteiger partial charge is 0.322 e. The summed E-state index contributed by atoms with van der Waals surface area (Å²) in [4.78, 5) is 21.3. The maximum absolute atomic E-state index is 11.2. The van der Waals surface area contributed by atoms with Gasteiger partial charge < -0.3 is 15.2 Å². The highest BCUT2D eigenvalue weighted by Gasteiger charge is 2.18. The lowest BCUT2D eigenvalue weighted by molar-refractivity contribution is -0.384. The van der Waals surface area contributed by atoms with Gasteiger partial charge in [-0.15, -0.1) is 0 Å². The molecule has 18 heavy (non-hydrogen) atoms. The molecule has 1 atom stereocenters. The molecule has 1 aromatic rings. The first kappa shape index (κ1) is 13.9. The van der Waals surface area contributed by atoms with Crippen molar-refractivity contribution in [3.63, 3.8) is 0 Å². The number of carbonyl (C=O) groups is 1. The maximum Gasteiger partial charge on any atom is 0.322 e. The molecule has 0 bridgehead atoms. The average molecular weight is 254 g/mol. The van der Waals surface area contributed by atoms with Crippen LogP contribution in [0, 0.1) is 10.1 Å². The summed E-state index contributed by atoms with van der Waals surface area (Å²) in [5.74, 6) is -0.223. The Balaban J connectivity index is 2.96. The molecule has 0 amide bonds. The molecule has 0 radical (unpaired) electrons. The minimum absolute atomic E-state index is 0.0813. The molecular formula is C11H14N2O5. The molecule has 2 N–H and O–H groups in total. The standard InChI is InChI=1S/C11H14N2O5/c1-17-10-6-8(13(15)16)4-3-7(10)5-9(12)11(14)18-2/h3-4,6,9H,5,12H2,1-2H3/t9-/m0/s1. The number of carbonyl (C=O) groups excluding carboxylic acids is 1. The van der Waals surface area contributed by atoms with E-state index in [4.69, 9.17) is 10.5 Å². The van der Waals surface area contributed by atoms with Crippen LogP contribution in [0.15, 0.2) is 18.2 Å². The second-order valence-corrected chi connectivity index (χ2v) is 3.59. The van der Waals surface area contributed by atoms with Gasteiger partial charge in [0.25, 0.3) is 5.69 Å². The highest BCUT2D eigenvalue weighted by molar-refractivity contribution is 5.75. The van der Waals surface area contributed by atoms with Crippen LogP contribution in [0.2, 0.25) is 0 Å². The number of rotatable bonds is 5. The summed E-state index contributed by atoms with van der Waals surface area (Å²) in [7, 11) is 2.64. The van der Waals surface area contributed by atoms with E-state index in [1.807, 2.05) is 0 Å².